The Morgan fingerprint density at radius 3 is 2.17 bits per heavy atom. The van der Waals surface area contributed by atoms with Crippen molar-refractivity contribution in [3.05, 3.63) is 107 Å². The molecule has 0 bridgehead atoms. The Morgan fingerprint density at radius 2 is 1.50 bits per heavy atom. The number of carbonyl (C=O) groups excluding carboxylic acids is 2. The van der Waals surface area contributed by atoms with Crippen molar-refractivity contribution in [2.24, 2.45) is 0 Å². The molecule has 7 heteroatoms. The minimum atomic E-state index is -0.292. The Labute approximate surface area is 237 Å². The van der Waals surface area contributed by atoms with Crippen LogP contribution in [0.4, 0.5) is 9.18 Å². The molecule has 6 nitrogen and oxygen atoms in total. The summed E-state index contributed by atoms with van der Waals surface area (Å²) in [5.41, 5.74) is 3.94. The molecule has 4 rings (SSSR count). The molecule has 1 N–H and O–H groups in total. The van der Waals surface area contributed by atoms with Crippen molar-refractivity contribution >= 4 is 11.9 Å². The number of nitrogens with one attached hydrogen (secondary N) is 1. The van der Waals surface area contributed by atoms with Crippen molar-refractivity contribution in [2.75, 3.05) is 39.3 Å². The monoisotopic (exact) mass is 544 g/mol. The van der Waals surface area contributed by atoms with Crippen LogP contribution >= 0.6 is 0 Å². The zero-order valence-corrected chi connectivity index (χ0v) is 23.5. The van der Waals surface area contributed by atoms with E-state index in [1.807, 2.05) is 47.4 Å². The van der Waals surface area contributed by atoms with Crippen LogP contribution in [-0.4, -0.2) is 65.9 Å². The molecule has 0 atom stereocenters. The lowest BCUT2D eigenvalue weighted by atomic mass is 10.0. The van der Waals surface area contributed by atoms with Crippen molar-refractivity contribution in [1.82, 2.24) is 20.0 Å². The van der Waals surface area contributed by atoms with Gasteiger partial charge in [0.05, 0.1) is 0 Å². The Morgan fingerprint density at radius 1 is 0.825 bits per heavy atom. The maximum atomic E-state index is 13.4. The Bertz CT molecular complexity index is 1190. The van der Waals surface area contributed by atoms with E-state index in [1.165, 1.54) is 37.0 Å². The van der Waals surface area contributed by atoms with Crippen LogP contribution < -0.4 is 5.32 Å². The molecule has 0 spiro atoms. The summed E-state index contributed by atoms with van der Waals surface area (Å²) in [7, 11) is 0. The predicted molar refractivity (Wildman–Crippen MR) is 158 cm³/mol. The number of nitrogens with zero attached hydrogens (tertiary/aromatic N) is 3. The number of carbonyl (C=O) groups is 2. The molecule has 1 heterocycles. The summed E-state index contributed by atoms with van der Waals surface area (Å²) in [4.78, 5) is 32.2. The lowest BCUT2D eigenvalue weighted by Gasteiger charge is -2.36. The first-order valence-electron chi connectivity index (χ1n) is 14.4. The third-order valence-corrected chi connectivity index (χ3v) is 7.48. The predicted octanol–water partition coefficient (Wildman–Crippen LogP) is 5.73. The van der Waals surface area contributed by atoms with E-state index in [0.717, 1.165) is 36.2 Å². The molecule has 0 radical (unpaired) electrons. The smallest absolute Gasteiger partial charge is 0.318 e. The van der Waals surface area contributed by atoms with E-state index in [9.17, 15) is 14.0 Å². The standard InChI is InChI=1S/C33H41FN4O2/c1-2-3-5-8-27-11-15-30(16-12-27)32(39)37-22-19-36(20-23-37)21-24-38(26-29-13-17-31(34)18-14-29)33(40)35-25-28-9-6-4-7-10-28/h4,6-7,9-18H,2-3,5,8,19-26H2,1H3,(H,35,40). The molecule has 0 unspecified atom stereocenters. The molecular formula is C33H41FN4O2. The van der Waals surface area contributed by atoms with E-state index in [4.69, 9.17) is 0 Å². The van der Waals surface area contributed by atoms with Crippen molar-refractivity contribution < 1.29 is 14.0 Å². The average Bonchev–Trinajstić information content (AvgIpc) is 3.00. The topological polar surface area (TPSA) is 55.9 Å². The number of rotatable bonds is 12. The third kappa shape index (κ3) is 8.91. The first kappa shape index (κ1) is 29.3. The molecule has 1 aliphatic heterocycles. The van der Waals surface area contributed by atoms with Crippen molar-refractivity contribution in [3.63, 3.8) is 0 Å². The molecule has 3 aromatic carbocycles. The number of halogens is 1. The van der Waals surface area contributed by atoms with Crippen LogP contribution in [0.5, 0.6) is 0 Å². The maximum Gasteiger partial charge on any atom is 0.318 e. The molecule has 0 saturated carbocycles. The van der Waals surface area contributed by atoms with Gasteiger partial charge in [0.15, 0.2) is 0 Å². The fourth-order valence-electron chi connectivity index (χ4n) is 4.96. The SMILES string of the molecule is CCCCCc1ccc(C(=O)N2CCN(CCN(Cc3ccc(F)cc3)C(=O)NCc3ccccc3)CC2)cc1. The van der Waals surface area contributed by atoms with Gasteiger partial charge in [0.1, 0.15) is 5.82 Å². The molecule has 1 saturated heterocycles. The van der Waals surface area contributed by atoms with Gasteiger partial charge in [-0.15, -0.1) is 0 Å². The highest BCUT2D eigenvalue weighted by atomic mass is 19.1. The van der Waals surface area contributed by atoms with Crippen LogP contribution in [0.1, 0.15) is 53.2 Å². The summed E-state index contributed by atoms with van der Waals surface area (Å²) in [6, 6.07) is 24.0. The lowest BCUT2D eigenvalue weighted by molar-refractivity contribution is 0.0627. The first-order chi connectivity index (χ1) is 19.5. The molecule has 1 aliphatic rings. The van der Waals surface area contributed by atoms with Crippen LogP contribution in [0, 0.1) is 5.82 Å². The van der Waals surface area contributed by atoms with Gasteiger partial charge in [0.2, 0.25) is 0 Å². The van der Waals surface area contributed by atoms with Gasteiger partial charge in [-0.2, -0.15) is 0 Å². The highest BCUT2D eigenvalue weighted by Crippen LogP contribution is 2.14. The average molecular weight is 545 g/mol. The van der Waals surface area contributed by atoms with Gasteiger partial charge in [-0.3, -0.25) is 9.69 Å². The van der Waals surface area contributed by atoms with Crippen molar-refractivity contribution in [2.45, 2.75) is 45.7 Å². The lowest BCUT2D eigenvalue weighted by Crippen LogP contribution is -2.51. The minimum absolute atomic E-state index is 0.0815. The number of amides is 3. The highest BCUT2D eigenvalue weighted by molar-refractivity contribution is 5.94. The summed E-state index contributed by atoms with van der Waals surface area (Å²) >= 11 is 0. The molecular weight excluding hydrogens is 503 g/mol. The Kier molecular flexibility index (Phi) is 11.1. The van der Waals surface area contributed by atoms with E-state index >= 15 is 0 Å². The van der Waals surface area contributed by atoms with Crippen LogP contribution in [0.2, 0.25) is 0 Å². The molecule has 0 aliphatic carbocycles. The largest absolute Gasteiger partial charge is 0.336 e. The number of hydrogen-bond acceptors (Lipinski definition) is 3. The number of urea groups is 1. The van der Waals surface area contributed by atoms with Gasteiger partial charge in [-0.1, -0.05) is 74.4 Å². The van der Waals surface area contributed by atoms with E-state index < -0.39 is 0 Å². The van der Waals surface area contributed by atoms with Gasteiger partial charge in [0, 0.05) is 57.9 Å². The van der Waals surface area contributed by atoms with Gasteiger partial charge >= 0.3 is 6.03 Å². The van der Waals surface area contributed by atoms with Gasteiger partial charge in [-0.25, -0.2) is 9.18 Å². The zero-order valence-electron chi connectivity index (χ0n) is 23.5. The molecule has 212 valence electrons. The number of benzene rings is 3. The Balaban J connectivity index is 1.28. The second-order valence-corrected chi connectivity index (χ2v) is 10.5. The number of hydrogen-bond donors (Lipinski definition) is 1. The fraction of sp³-hybridized carbons (Fsp3) is 0.394. The summed E-state index contributed by atoms with van der Waals surface area (Å²) < 4.78 is 13.4. The second kappa shape index (κ2) is 15.2. The van der Waals surface area contributed by atoms with E-state index in [1.54, 1.807) is 17.0 Å². The summed E-state index contributed by atoms with van der Waals surface area (Å²) in [6.07, 6.45) is 4.68. The van der Waals surface area contributed by atoms with Crippen LogP contribution in [0.25, 0.3) is 0 Å². The summed E-state index contributed by atoms with van der Waals surface area (Å²) in [5, 5.41) is 3.02. The molecule has 3 amide bonds. The van der Waals surface area contributed by atoms with Crippen molar-refractivity contribution in [1.29, 1.82) is 0 Å². The first-order valence-corrected chi connectivity index (χ1v) is 14.4. The fourth-order valence-corrected chi connectivity index (χ4v) is 4.96. The van der Waals surface area contributed by atoms with Crippen LogP contribution in [0.3, 0.4) is 0 Å². The second-order valence-electron chi connectivity index (χ2n) is 10.5. The third-order valence-electron chi connectivity index (χ3n) is 7.48. The number of aryl methyl sites for hydroxylation is 1. The van der Waals surface area contributed by atoms with E-state index in [2.05, 4.69) is 29.3 Å². The van der Waals surface area contributed by atoms with Crippen LogP contribution in [-0.2, 0) is 19.5 Å². The number of piperazine rings is 1. The summed E-state index contributed by atoms with van der Waals surface area (Å²) in [5.74, 6) is -0.211. The highest BCUT2D eigenvalue weighted by Gasteiger charge is 2.23. The summed E-state index contributed by atoms with van der Waals surface area (Å²) in [6.45, 7) is 7.13. The zero-order chi connectivity index (χ0) is 28.2. The molecule has 0 aromatic heterocycles. The normalized spacial score (nSPS) is 13.7. The number of unbranched alkanes of at least 4 members (excludes halogenated alkanes) is 2. The van der Waals surface area contributed by atoms with Gasteiger partial charge < -0.3 is 15.1 Å². The van der Waals surface area contributed by atoms with Crippen LogP contribution in [0.15, 0.2) is 78.9 Å². The minimum Gasteiger partial charge on any atom is -0.336 e. The van der Waals surface area contributed by atoms with E-state index in [0.29, 0.717) is 39.3 Å². The maximum absolute atomic E-state index is 13.4. The van der Waals surface area contributed by atoms with Crippen molar-refractivity contribution in [3.8, 4) is 0 Å². The molecule has 1 fully saturated rings. The molecule has 40 heavy (non-hydrogen) atoms. The van der Waals surface area contributed by atoms with Gasteiger partial charge in [0.25, 0.3) is 5.91 Å². The van der Waals surface area contributed by atoms with Gasteiger partial charge in [-0.05, 0) is 53.8 Å². The molecule has 3 aromatic rings. The quantitative estimate of drug-likeness (QED) is 0.297. The van der Waals surface area contributed by atoms with E-state index in [-0.39, 0.29) is 17.8 Å². The Hall–Kier alpha value is -3.71.